The Hall–Kier alpha value is -3.02. The van der Waals surface area contributed by atoms with Crippen molar-refractivity contribution in [3.8, 4) is 11.5 Å². The SMILES string of the molecule is CCOc1ccccc1NC(=O)[C@@H]1CC(=O)N(c2ccc(OC(C)C)cc2)C1. The predicted octanol–water partition coefficient (Wildman–Crippen LogP) is 3.86. The predicted molar refractivity (Wildman–Crippen MR) is 109 cm³/mol. The summed E-state index contributed by atoms with van der Waals surface area (Å²) in [6.07, 6.45) is 0.277. The van der Waals surface area contributed by atoms with Crippen molar-refractivity contribution in [2.24, 2.45) is 5.92 Å². The molecule has 0 saturated carbocycles. The molecular formula is C22H26N2O4. The Morgan fingerprint density at radius 1 is 1.18 bits per heavy atom. The topological polar surface area (TPSA) is 67.9 Å². The van der Waals surface area contributed by atoms with Crippen LogP contribution < -0.4 is 19.7 Å². The Balaban J connectivity index is 1.66. The molecule has 0 spiro atoms. The average molecular weight is 382 g/mol. The number of ether oxygens (including phenoxy) is 2. The van der Waals surface area contributed by atoms with Crippen LogP contribution in [0.4, 0.5) is 11.4 Å². The van der Waals surface area contributed by atoms with Crippen molar-refractivity contribution in [1.29, 1.82) is 0 Å². The minimum Gasteiger partial charge on any atom is -0.492 e. The first kappa shape index (κ1) is 19.7. The van der Waals surface area contributed by atoms with E-state index in [9.17, 15) is 9.59 Å². The largest absolute Gasteiger partial charge is 0.492 e. The molecule has 0 aromatic heterocycles. The van der Waals surface area contributed by atoms with Gasteiger partial charge in [-0.15, -0.1) is 0 Å². The molecule has 6 nitrogen and oxygen atoms in total. The smallest absolute Gasteiger partial charge is 0.229 e. The summed E-state index contributed by atoms with van der Waals surface area (Å²) in [6.45, 7) is 6.68. The Bertz CT molecular complexity index is 833. The molecule has 3 rings (SSSR count). The van der Waals surface area contributed by atoms with Crippen LogP contribution in [0.1, 0.15) is 27.2 Å². The maximum absolute atomic E-state index is 12.7. The molecule has 1 aliphatic heterocycles. The van der Waals surface area contributed by atoms with Crippen LogP contribution in [0.25, 0.3) is 0 Å². The Kier molecular flexibility index (Phi) is 6.19. The fourth-order valence-corrected chi connectivity index (χ4v) is 3.20. The number of nitrogens with zero attached hydrogens (tertiary/aromatic N) is 1. The molecule has 1 saturated heterocycles. The molecule has 6 heteroatoms. The molecule has 28 heavy (non-hydrogen) atoms. The van der Waals surface area contributed by atoms with Crippen LogP contribution in [0, 0.1) is 5.92 Å². The van der Waals surface area contributed by atoms with Crippen LogP contribution >= 0.6 is 0 Å². The van der Waals surface area contributed by atoms with Crippen LogP contribution in [0.2, 0.25) is 0 Å². The van der Waals surface area contributed by atoms with E-state index in [4.69, 9.17) is 9.47 Å². The summed E-state index contributed by atoms with van der Waals surface area (Å²) in [6, 6.07) is 14.7. The summed E-state index contributed by atoms with van der Waals surface area (Å²) in [5, 5.41) is 2.90. The molecular weight excluding hydrogens is 356 g/mol. The van der Waals surface area contributed by atoms with E-state index in [1.165, 1.54) is 0 Å². The molecule has 0 aliphatic carbocycles. The van der Waals surface area contributed by atoms with Crippen molar-refractivity contribution < 1.29 is 19.1 Å². The molecule has 1 fully saturated rings. The fraction of sp³-hybridized carbons (Fsp3) is 0.364. The molecule has 2 aromatic rings. The monoisotopic (exact) mass is 382 g/mol. The van der Waals surface area contributed by atoms with Gasteiger partial charge in [0.25, 0.3) is 0 Å². The normalized spacial score (nSPS) is 16.4. The zero-order chi connectivity index (χ0) is 20.1. The first-order valence-corrected chi connectivity index (χ1v) is 9.57. The van der Waals surface area contributed by atoms with Crippen LogP contribution in [-0.4, -0.2) is 31.1 Å². The number of para-hydroxylation sites is 2. The maximum atomic E-state index is 12.7. The fourth-order valence-electron chi connectivity index (χ4n) is 3.20. The van der Waals surface area contributed by atoms with E-state index in [-0.39, 0.29) is 24.3 Å². The van der Waals surface area contributed by atoms with Crippen LogP contribution in [0.5, 0.6) is 11.5 Å². The van der Waals surface area contributed by atoms with Crippen LogP contribution in [-0.2, 0) is 9.59 Å². The van der Waals surface area contributed by atoms with Gasteiger partial charge < -0.3 is 19.7 Å². The van der Waals surface area contributed by atoms with Gasteiger partial charge >= 0.3 is 0 Å². The second-order valence-corrected chi connectivity index (χ2v) is 6.98. The summed E-state index contributed by atoms with van der Waals surface area (Å²) in [5.74, 6) is 0.736. The number of anilines is 2. The molecule has 148 valence electrons. The third-order valence-corrected chi connectivity index (χ3v) is 4.46. The van der Waals surface area contributed by atoms with Crippen LogP contribution in [0.15, 0.2) is 48.5 Å². The molecule has 1 heterocycles. The van der Waals surface area contributed by atoms with Gasteiger partial charge in [0.15, 0.2) is 0 Å². The Morgan fingerprint density at radius 3 is 2.57 bits per heavy atom. The first-order chi connectivity index (χ1) is 13.5. The number of benzene rings is 2. The van der Waals surface area contributed by atoms with Crippen LogP contribution in [0.3, 0.4) is 0 Å². The van der Waals surface area contributed by atoms with E-state index >= 15 is 0 Å². The van der Waals surface area contributed by atoms with Crippen molar-refractivity contribution in [2.45, 2.75) is 33.3 Å². The Morgan fingerprint density at radius 2 is 1.89 bits per heavy atom. The lowest BCUT2D eigenvalue weighted by atomic mass is 10.1. The minimum atomic E-state index is -0.409. The molecule has 1 N–H and O–H groups in total. The lowest BCUT2D eigenvalue weighted by Gasteiger charge is -2.18. The third kappa shape index (κ3) is 4.63. The van der Waals surface area contributed by atoms with Gasteiger partial charge in [0, 0.05) is 18.7 Å². The third-order valence-electron chi connectivity index (χ3n) is 4.46. The highest BCUT2D eigenvalue weighted by atomic mass is 16.5. The van der Waals surface area contributed by atoms with Gasteiger partial charge in [-0.05, 0) is 57.2 Å². The summed E-state index contributed by atoms with van der Waals surface area (Å²) >= 11 is 0. The van der Waals surface area contributed by atoms with Gasteiger partial charge in [-0.2, -0.15) is 0 Å². The molecule has 0 unspecified atom stereocenters. The molecule has 1 aliphatic rings. The van der Waals surface area contributed by atoms with Gasteiger partial charge in [0.1, 0.15) is 11.5 Å². The first-order valence-electron chi connectivity index (χ1n) is 9.57. The number of carbonyl (C=O) groups excluding carboxylic acids is 2. The number of amides is 2. The quantitative estimate of drug-likeness (QED) is 0.789. The summed E-state index contributed by atoms with van der Waals surface area (Å²) in [7, 11) is 0. The Labute approximate surface area is 165 Å². The second kappa shape index (κ2) is 8.78. The molecule has 1 atom stereocenters. The van der Waals surface area contributed by atoms with Crippen molar-refractivity contribution in [3.63, 3.8) is 0 Å². The number of rotatable bonds is 7. The van der Waals surface area contributed by atoms with E-state index in [0.29, 0.717) is 24.6 Å². The zero-order valence-corrected chi connectivity index (χ0v) is 16.5. The number of nitrogens with one attached hydrogen (secondary N) is 1. The van der Waals surface area contributed by atoms with Gasteiger partial charge in [0.2, 0.25) is 11.8 Å². The summed E-state index contributed by atoms with van der Waals surface area (Å²) < 4.78 is 11.2. The van der Waals surface area contributed by atoms with Crippen molar-refractivity contribution >= 4 is 23.2 Å². The van der Waals surface area contributed by atoms with E-state index in [1.807, 2.05) is 63.2 Å². The number of hydrogen-bond acceptors (Lipinski definition) is 4. The van der Waals surface area contributed by atoms with Crippen molar-refractivity contribution in [2.75, 3.05) is 23.4 Å². The molecule has 2 amide bonds. The molecule has 2 aromatic carbocycles. The average Bonchev–Trinajstić information content (AvgIpc) is 3.05. The number of hydrogen-bond donors (Lipinski definition) is 1. The molecule has 0 bridgehead atoms. The highest BCUT2D eigenvalue weighted by molar-refractivity contribution is 6.03. The standard InChI is InChI=1S/C22H26N2O4/c1-4-27-20-8-6-5-7-19(20)23-22(26)16-13-21(25)24(14-16)17-9-11-18(12-10-17)28-15(2)3/h5-12,15-16H,4,13-14H2,1-3H3,(H,23,26)/t16-/m1/s1. The second-order valence-electron chi connectivity index (χ2n) is 6.98. The van der Waals surface area contributed by atoms with Gasteiger partial charge in [-0.25, -0.2) is 0 Å². The van der Waals surface area contributed by atoms with Crippen molar-refractivity contribution in [1.82, 2.24) is 0 Å². The van der Waals surface area contributed by atoms with E-state index < -0.39 is 5.92 Å². The van der Waals surface area contributed by atoms with Gasteiger partial charge in [-0.1, -0.05) is 12.1 Å². The lowest BCUT2D eigenvalue weighted by Crippen LogP contribution is -2.28. The minimum absolute atomic E-state index is 0.0595. The van der Waals surface area contributed by atoms with Gasteiger partial charge in [0.05, 0.1) is 24.3 Å². The summed E-state index contributed by atoms with van der Waals surface area (Å²) in [5.41, 5.74) is 1.39. The number of carbonyl (C=O) groups is 2. The summed E-state index contributed by atoms with van der Waals surface area (Å²) in [4.78, 5) is 26.8. The lowest BCUT2D eigenvalue weighted by molar-refractivity contribution is -0.122. The van der Waals surface area contributed by atoms with E-state index in [0.717, 1.165) is 11.4 Å². The van der Waals surface area contributed by atoms with E-state index in [2.05, 4.69) is 5.32 Å². The highest BCUT2D eigenvalue weighted by Crippen LogP contribution is 2.29. The maximum Gasteiger partial charge on any atom is 0.229 e. The van der Waals surface area contributed by atoms with Gasteiger partial charge in [-0.3, -0.25) is 9.59 Å². The zero-order valence-electron chi connectivity index (χ0n) is 16.5. The molecule has 0 radical (unpaired) electrons. The van der Waals surface area contributed by atoms with E-state index in [1.54, 1.807) is 11.0 Å². The highest BCUT2D eigenvalue weighted by Gasteiger charge is 2.35. The van der Waals surface area contributed by atoms with Crippen molar-refractivity contribution in [3.05, 3.63) is 48.5 Å².